The number of nitrogens with one attached hydrogen (secondary N) is 1. The van der Waals surface area contributed by atoms with E-state index in [-0.39, 0.29) is 0 Å². The zero-order chi connectivity index (χ0) is 22.2. The Kier molecular flexibility index (Phi) is 5.19. The highest BCUT2D eigenvalue weighted by atomic mass is 16.5. The zero-order valence-electron chi connectivity index (χ0n) is 18.9. The Bertz CT molecular complexity index is 1390. The quantitative estimate of drug-likeness (QED) is 0.349. The van der Waals surface area contributed by atoms with Gasteiger partial charge in [-0.05, 0) is 59.7 Å². The summed E-state index contributed by atoms with van der Waals surface area (Å²) in [6.07, 6.45) is 13.0. The van der Waals surface area contributed by atoms with E-state index in [1.165, 1.54) is 32.8 Å². The van der Waals surface area contributed by atoms with Gasteiger partial charge >= 0.3 is 0 Å². The number of benzene rings is 2. The normalized spacial score (nSPS) is 18.8. The lowest BCUT2D eigenvalue weighted by molar-refractivity contribution is 0.0134. The second kappa shape index (κ2) is 8.49. The van der Waals surface area contributed by atoms with Crippen LogP contribution in [0.3, 0.4) is 0 Å². The molecule has 5 nitrogen and oxygen atoms in total. The molecule has 5 aromatic rings. The third kappa shape index (κ3) is 3.93. The van der Waals surface area contributed by atoms with Crippen molar-refractivity contribution < 1.29 is 4.74 Å². The van der Waals surface area contributed by atoms with E-state index in [2.05, 4.69) is 64.9 Å². The first kappa shape index (κ1) is 20.2. The summed E-state index contributed by atoms with van der Waals surface area (Å²) in [4.78, 5) is 8.15. The van der Waals surface area contributed by atoms with Crippen molar-refractivity contribution in [2.75, 3.05) is 0 Å². The second-order valence-electron chi connectivity index (χ2n) is 9.20. The van der Waals surface area contributed by atoms with E-state index in [9.17, 15) is 0 Å². The molecule has 0 spiro atoms. The van der Waals surface area contributed by atoms with Crippen molar-refractivity contribution in [2.24, 2.45) is 7.05 Å². The molecule has 1 N–H and O–H groups in total. The predicted octanol–water partition coefficient (Wildman–Crippen LogP) is 6.36. The van der Waals surface area contributed by atoms with E-state index in [0.29, 0.717) is 18.6 Å². The van der Waals surface area contributed by atoms with E-state index in [0.717, 1.165) is 36.9 Å². The summed E-state index contributed by atoms with van der Waals surface area (Å²) in [5.41, 5.74) is 5.94. The molecule has 0 atom stereocenters. The lowest BCUT2D eigenvalue weighted by Crippen LogP contribution is -2.20. The number of aromatic nitrogens is 4. The molecule has 1 aliphatic carbocycles. The summed E-state index contributed by atoms with van der Waals surface area (Å²) >= 11 is 0. The predicted molar refractivity (Wildman–Crippen MR) is 132 cm³/mol. The number of pyridine rings is 1. The average molecular weight is 437 g/mol. The van der Waals surface area contributed by atoms with E-state index in [4.69, 9.17) is 9.72 Å². The lowest BCUT2D eigenvalue weighted by Gasteiger charge is -2.28. The van der Waals surface area contributed by atoms with Crippen LogP contribution in [0.5, 0.6) is 0 Å². The monoisotopic (exact) mass is 436 g/mol. The molecule has 5 heteroatoms. The van der Waals surface area contributed by atoms with E-state index >= 15 is 0 Å². The van der Waals surface area contributed by atoms with Crippen LogP contribution < -0.4 is 0 Å². The third-order valence-electron chi connectivity index (χ3n) is 7.03. The highest BCUT2D eigenvalue weighted by Gasteiger charge is 2.25. The van der Waals surface area contributed by atoms with Gasteiger partial charge in [0.25, 0.3) is 0 Å². The number of hydrogen-bond donors (Lipinski definition) is 1. The largest absolute Gasteiger partial charge is 0.374 e. The van der Waals surface area contributed by atoms with Crippen LogP contribution >= 0.6 is 0 Å². The van der Waals surface area contributed by atoms with Crippen molar-refractivity contribution in [1.82, 2.24) is 19.7 Å². The maximum atomic E-state index is 6.23. The van der Waals surface area contributed by atoms with E-state index in [1.54, 1.807) is 0 Å². The summed E-state index contributed by atoms with van der Waals surface area (Å²) in [6.45, 7) is 0.703. The summed E-state index contributed by atoms with van der Waals surface area (Å²) in [7, 11) is 1.96. The van der Waals surface area contributed by atoms with Gasteiger partial charge in [0.15, 0.2) is 0 Å². The van der Waals surface area contributed by atoms with Gasteiger partial charge in [-0.3, -0.25) is 4.68 Å². The number of hydrogen-bond acceptors (Lipinski definition) is 3. The van der Waals surface area contributed by atoms with Crippen molar-refractivity contribution in [3.63, 3.8) is 0 Å². The molecule has 33 heavy (non-hydrogen) atoms. The van der Waals surface area contributed by atoms with Crippen LogP contribution in [0.2, 0.25) is 0 Å². The fraction of sp³-hybridized carbons (Fsp3) is 0.286. The average Bonchev–Trinajstić information content (AvgIpc) is 3.50. The van der Waals surface area contributed by atoms with Gasteiger partial charge in [-0.1, -0.05) is 42.5 Å². The minimum atomic E-state index is 0.346. The first-order valence-corrected chi connectivity index (χ1v) is 11.8. The number of H-pyrrole nitrogens is 1. The minimum absolute atomic E-state index is 0.346. The summed E-state index contributed by atoms with van der Waals surface area (Å²) in [5.74, 6) is 0.532. The van der Waals surface area contributed by atoms with Gasteiger partial charge in [-0.25, -0.2) is 4.98 Å². The number of fused-ring (bicyclic) bond motifs is 3. The molecular weight excluding hydrogens is 408 g/mol. The first-order chi connectivity index (χ1) is 16.2. The molecule has 1 aliphatic rings. The topological polar surface area (TPSA) is 55.7 Å². The fourth-order valence-corrected chi connectivity index (χ4v) is 5.23. The Morgan fingerprint density at radius 2 is 1.85 bits per heavy atom. The molecule has 6 rings (SSSR count). The van der Waals surface area contributed by atoms with Crippen LogP contribution in [0.4, 0.5) is 0 Å². The Labute approximate surface area is 193 Å². The van der Waals surface area contributed by atoms with Crippen molar-refractivity contribution >= 4 is 21.8 Å². The SMILES string of the molecule is Cn1cc(-c2ccc3cnc4[nH]cc(C5CCC(OCc6ccccc6)CC5)c4c3c2)cn1. The molecule has 0 amide bonds. The van der Waals surface area contributed by atoms with Crippen LogP contribution in [-0.2, 0) is 18.4 Å². The third-order valence-corrected chi connectivity index (χ3v) is 7.03. The van der Waals surface area contributed by atoms with E-state index < -0.39 is 0 Å². The van der Waals surface area contributed by atoms with Crippen LogP contribution in [0.25, 0.3) is 32.9 Å². The Morgan fingerprint density at radius 1 is 1.00 bits per heavy atom. The van der Waals surface area contributed by atoms with Crippen molar-refractivity contribution in [1.29, 1.82) is 0 Å². The summed E-state index contributed by atoms with van der Waals surface area (Å²) in [5, 5.41) is 8.06. The maximum Gasteiger partial charge on any atom is 0.138 e. The number of nitrogens with zero attached hydrogens (tertiary/aromatic N) is 3. The molecule has 3 heterocycles. The molecule has 0 bridgehead atoms. The summed E-state index contributed by atoms with van der Waals surface area (Å²) in [6, 6.07) is 17.1. The Morgan fingerprint density at radius 3 is 2.64 bits per heavy atom. The van der Waals surface area contributed by atoms with Gasteiger partial charge in [-0.2, -0.15) is 5.10 Å². The van der Waals surface area contributed by atoms with Gasteiger partial charge < -0.3 is 9.72 Å². The molecule has 3 aromatic heterocycles. The van der Waals surface area contributed by atoms with Crippen LogP contribution in [-0.4, -0.2) is 25.9 Å². The standard InChI is InChI=1S/C28H28N4O/c1-32-17-23(15-31-32)21-7-8-22-14-29-28-27(25(22)13-21)26(16-30-28)20-9-11-24(12-10-20)33-18-19-5-3-2-4-6-19/h2-8,13-17,20,24H,9-12,18H2,1H3,(H,29,30). The number of aryl methyl sites for hydroxylation is 1. The highest BCUT2D eigenvalue weighted by Crippen LogP contribution is 2.40. The molecule has 166 valence electrons. The van der Waals surface area contributed by atoms with E-state index in [1.807, 2.05) is 30.2 Å². The Hall–Kier alpha value is -3.44. The van der Waals surface area contributed by atoms with Crippen LogP contribution in [0, 0.1) is 0 Å². The lowest BCUT2D eigenvalue weighted by atomic mass is 9.82. The van der Waals surface area contributed by atoms with Gasteiger partial charge in [0.05, 0.1) is 18.9 Å². The fourth-order valence-electron chi connectivity index (χ4n) is 5.23. The minimum Gasteiger partial charge on any atom is -0.374 e. The number of rotatable bonds is 5. The molecule has 0 saturated heterocycles. The number of ether oxygens (including phenoxy) is 1. The summed E-state index contributed by atoms with van der Waals surface area (Å²) < 4.78 is 8.08. The molecule has 1 saturated carbocycles. The van der Waals surface area contributed by atoms with Crippen LogP contribution in [0.1, 0.15) is 42.7 Å². The first-order valence-electron chi connectivity index (χ1n) is 11.8. The van der Waals surface area contributed by atoms with Crippen molar-refractivity contribution in [3.05, 3.63) is 84.4 Å². The maximum absolute atomic E-state index is 6.23. The smallest absolute Gasteiger partial charge is 0.138 e. The molecule has 2 aromatic carbocycles. The van der Waals surface area contributed by atoms with Gasteiger partial charge in [0.2, 0.25) is 0 Å². The molecular formula is C28H28N4O. The van der Waals surface area contributed by atoms with Crippen molar-refractivity contribution in [3.8, 4) is 11.1 Å². The molecule has 0 aliphatic heterocycles. The second-order valence-corrected chi connectivity index (χ2v) is 9.20. The Balaban J connectivity index is 1.26. The molecule has 0 radical (unpaired) electrons. The highest BCUT2D eigenvalue weighted by molar-refractivity contribution is 6.08. The molecule has 0 unspecified atom stereocenters. The van der Waals surface area contributed by atoms with Gasteiger partial charge in [0.1, 0.15) is 5.65 Å². The molecule has 1 fully saturated rings. The van der Waals surface area contributed by atoms with Gasteiger partial charge in [0, 0.05) is 42.0 Å². The van der Waals surface area contributed by atoms with Crippen LogP contribution in [0.15, 0.2) is 73.3 Å². The number of aromatic amines is 1. The van der Waals surface area contributed by atoms with Crippen molar-refractivity contribution in [2.45, 2.75) is 44.3 Å². The van der Waals surface area contributed by atoms with Gasteiger partial charge in [-0.15, -0.1) is 0 Å². The zero-order valence-corrected chi connectivity index (χ0v) is 18.9.